The van der Waals surface area contributed by atoms with Crippen molar-refractivity contribution >= 4 is 16.8 Å². The summed E-state index contributed by atoms with van der Waals surface area (Å²) in [5.74, 6) is -0.560. The monoisotopic (exact) mass is 427 g/mol. The fraction of sp³-hybridized carbons (Fsp3) is 0.240. The fourth-order valence-electron chi connectivity index (χ4n) is 3.98. The molecule has 0 spiro atoms. The van der Waals surface area contributed by atoms with Gasteiger partial charge in [0.1, 0.15) is 11.8 Å². The number of benzene rings is 2. The number of para-hydroxylation sites is 1. The van der Waals surface area contributed by atoms with Gasteiger partial charge in [-0.3, -0.25) is 4.79 Å². The average Bonchev–Trinajstić information content (AvgIpc) is 3.44. The van der Waals surface area contributed by atoms with Crippen LogP contribution in [0.5, 0.6) is 0 Å². The number of amides is 1. The molecule has 2 unspecified atom stereocenters. The van der Waals surface area contributed by atoms with E-state index in [9.17, 15) is 10.1 Å². The molecule has 0 aliphatic heterocycles. The van der Waals surface area contributed by atoms with Crippen molar-refractivity contribution in [1.29, 1.82) is 5.26 Å². The third-order valence-corrected chi connectivity index (χ3v) is 5.71. The number of rotatable bonds is 9. The standard InChI is InChI=1S/C25H25N5O2/c1-18(32-16-19-7-3-2-4-8-19)23(30-15-22(25(27)31)28-17-30)11-12-29-14-20(13-26)21-9-5-6-10-24(21)29/h2-10,14-15,17-18,23H,11-12,16H2,1H3,(H2,27,31). The van der Waals surface area contributed by atoms with E-state index in [1.807, 2.05) is 72.3 Å². The first-order valence-corrected chi connectivity index (χ1v) is 10.5. The Bertz CT molecular complexity index is 1250. The summed E-state index contributed by atoms with van der Waals surface area (Å²) in [6.45, 7) is 3.18. The van der Waals surface area contributed by atoms with E-state index in [0.29, 0.717) is 25.1 Å². The molecule has 2 atom stereocenters. The van der Waals surface area contributed by atoms with E-state index >= 15 is 0 Å². The van der Waals surface area contributed by atoms with E-state index in [2.05, 4.69) is 15.6 Å². The molecule has 1 amide bonds. The zero-order valence-electron chi connectivity index (χ0n) is 17.9. The molecule has 2 heterocycles. The van der Waals surface area contributed by atoms with E-state index in [-0.39, 0.29) is 17.8 Å². The molecule has 4 aromatic rings. The molecule has 2 N–H and O–H groups in total. The molecule has 2 aromatic carbocycles. The highest BCUT2D eigenvalue weighted by Crippen LogP contribution is 2.25. The van der Waals surface area contributed by atoms with Gasteiger partial charge in [-0.2, -0.15) is 5.26 Å². The molecular weight excluding hydrogens is 402 g/mol. The van der Waals surface area contributed by atoms with Crippen molar-refractivity contribution in [3.05, 3.63) is 90.1 Å². The predicted molar refractivity (Wildman–Crippen MR) is 122 cm³/mol. The van der Waals surface area contributed by atoms with Gasteiger partial charge in [-0.1, -0.05) is 48.5 Å². The summed E-state index contributed by atoms with van der Waals surface area (Å²) >= 11 is 0. The molecule has 0 fully saturated rings. The van der Waals surface area contributed by atoms with Crippen LogP contribution in [0.1, 0.15) is 41.0 Å². The zero-order valence-corrected chi connectivity index (χ0v) is 17.9. The number of primary amides is 1. The van der Waals surface area contributed by atoms with Crippen molar-refractivity contribution in [2.45, 2.75) is 38.6 Å². The minimum Gasteiger partial charge on any atom is -0.372 e. The normalized spacial score (nSPS) is 13.0. The summed E-state index contributed by atoms with van der Waals surface area (Å²) in [7, 11) is 0. The van der Waals surface area contributed by atoms with Crippen molar-refractivity contribution in [2.75, 3.05) is 0 Å². The first kappa shape index (κ1) is 21.3. The molecule has 0 saturated heterocycles. The number of aryl methyl sites for hydroxylation is 1. The number of hydrogen-bond acceptors (Lipinski definition) is 4. The molecule has 0 aliphatic carbocycles. The molecule has 4 rings (SSSR count). The number of fused-ring (bicyclic) bond motifs is 1. The summed E-state index contributed by atoms with van der Waals surface area (Å²) in [5, 5.41) is 10.4. The summed E-state index contributed by atoms with van der Waals surface area (Å²) < 4.78 is 10.2. The number of carbonyl (C=O) groups excluding carboxylic acids is 1. The third-order valence-electron chi connectivity index (χ3n) is 5.71. The molecular formula is C25H25N5O2. The maximum Gasteiger partial charge on any atom is 0.268 e. The molecule has 7 nitrogen and oxygen atoms in total. The van der Waals surface area contributed by atoms with Crippen LogP contribution in [-0.4, -0.2) is 26.1 Å². The van der Waals surface area contributed by atoms with Crippen LogP contribution >= 0.6 is 0 Å². The number of hydrogen-bond donors (Lipinski definition) is 1. The molecule has 0 radical (unpaired) electrons. The number of imidazole rings is 1. The number of aromatic nitrogens is 3. The molecule has 162 valence electrons. The summed E-state index contributed by atoms with van der Waals surface area (Å²) in [5.41, 5.74) is 8.40. The van der Waals surface area contributed by atoms with E-state index in [0.717, 1.165) is 16.5 Å². The van der Waals surface area contributed by atoms with Gasteiger partial charge in [0.15, 0.2) is 0 Å². The van der Waals surface area contributed by atoms with E-state index in [4.69, 9.17) is 10.5 Å². The molecule has 0 aliphatic rings. The highest BCUT2D eigenvalue weighted by atomic mass is 16.5. The summed E-state index contributed by atoms with van der Waals surface area (Å²) in [4.78, 5) is 15.7. The second-order valence-corrected chi connectivity index (χ2v) is 7.79. The highest BCUT2D eigenvalue weighted by molar-refractivity contribution is 5.90. The number of ether oxygens (including phenoxy) is 1. The maximum absolute atomic E-state index is 11.6. The molecule has 0 bridgehead atoms. The van der Waals surface area contributed by atoms with Crippen LogP contribution in [0, 0.1) is 11.3 Å². The minimum absolute atomic E-state index is 0.0778. The summed E-state index contributed by atoms with van der Waals surface area (Å²) in [6, 6.07) is 20.1. The van der Waals surface area contributed by atoms with Crippen LogP contribution in [0.25, 0.3) is 10.9 Å². The third kappa shape index (κ3) is 4.56. The lowest BCUT2D eigenvalue weighted by Gasteiger charge is -2.26. The van der Waals surface area contributed by atoms with Gasteiger partial charge in [-0.15, -0.1) is 0 Å². The van der Waals surface area contributed by atoms with Gasteiger partial charge in [-0.05, 0) is 25.0 Å². The van der Waals surface area contributed by atoms with Crippen LogP contribution in [0.4, 0.5) is 0 Å². The van der Waals surface area contributed by atoms with E-state index in [1.165, 1.54) is 0 Å². The van der Waals surface area contributed by atoms with Gasteiger partial charge in [0, 0.05) is 29.8 Å². The highest BCUT2D eigenvalue weighted by Gasteiger charge is 2.22. The zero-order chi connectivity index (χ0) is 22.5. The minimum atomic E-state index is -0.560. The summed E-state index contributed by atoms with van der Waals surface area (Å²) in [6.07, 6.45) is 5.75. The predicted octanol–water partition coefficient (Wildman–Crippen LogP) is 4.05. The first-order valence-electron chi connectivity index (χ1n) is 10.5. The Morgan fingerprint density at radius 3 is 2.62 bits per heavy atom. The number of nitriles is 1. The second-order valence-electron chi connectivity index (χ2n) is 7.79. The Morgan fingerprint density at radius 2 is 1.91 bits per heavy atom. The van der Waals surface area contributed by atoms with E-state index in [1.54, 1.807) is 12.5 Å². The largest absolute Gasteiger partial charge is 0.372 e. The van der Waals surface area contributed by atoms with Gasteiger partial charge in [-0.25, -0.2) is 4.98 Å². The number of nitrogens with zero attached hydrogens (tertiary/aromatic N) is 4. The maximum atomic E-state index is 11.6. The van der Waals surface area contributed by atoms with Crippen LogP contribution in [0.2, 0.25) is 0 Å². The smallest absolute Gasteiger partial charge is 0.268 e. The van der Waals surface area contributed by atoms with Crippen LogP contribution in [0.3, 0.4) is 0 Å². The lowest BCUT2D eigenvalue weighted by Crippen LogP contribution is -2.25. The molecule has 2 aromatic heterocycles. The van der Waals surface area contributed by atoms with Crippen LogP contribution in [-0.2, 0) is 17.9 Å². The SMILES string of the molecule is CC(OCc1ccccc1)C(CCn1cc(C#N)c2ccccc21)n1cnc(C(N)=O)c1. The van der Waals surface area contributed by atoms with Crippen molar-refractivity contribution in [2.24, 2.45) is 5.73 Å². The van der Waals surface area contributed by atoms with Gasteiger partial charge in [0.25, 0.3) is 5.91 Å². The molecule has 7 heteroatoms. The lowest BCUT2D eigenvalue weighted by atomic mass is 10.1. The van der Waals surface area contributed by atoms with Crippen molar-refractivity contribution in [3.8, 4) is 6.07 Å². The van der Waals surface area contributed by atoms with Crippen molar-refractivity contribution in [3.63, 3.8) is 0 Å². The fourth-order valence-corrected chi connectivity index (χ4v) is 3.98. The number of nitrogens with two attached hydrogens (primary N) is 1. The number of carbonyl (C=O) groups is 1. The first-order chi connectivity index (χ1) is 15.6. The van der Waals surface area contributed by atoms with Crippen LogP contribution in [0.15, 0.2) is 73.3 Å². The van der Waals surface area contributed by atoms with Gasteiger partial charge in [0.05, 0.1) is 30.6 Å². The Morgan fingerprint density at radius 1 is 1.16 bits per heavy atom. The Hall–Kier alpha value is -3.89. The van der Waals surface area contributed by atoms with Gasteiger partial charge >= 0.3 is 0 Å². The quantitative estimate of drug-likeness (QED) is 0.436. The molecule has 0 saturated carbocycles. The van der Waals surface area contributed by atoms with Crippen molar-refractivity contribution in [1.82, 2.24) is 14.1 Å². The van der Waals surface area contributed by atoms with Gasteiger partial charge in [0.2, 0.25) is 0 Å². The Labute approximate surface area is 186 Å². The Balaban J connectivity index is 1.56. The molecule has 32 heavy (non-hydrogen) atoms. The lowest BCUT2D eigenvalue weighted by molar-refractivity contribution is 0.0137. The Kier molecular flexibility index (Phi) is 6.34. The topological polar surface area (TPSA) is 98.9 Å². The average molecular weight is 428 g/mol. The van der Waals surface area contributed by atoms with Crippen LogP contribution < -0.4 is 5.73 Å². The van der Waals surface area contributed by atoms with E-state index < -0.39 is 5.91 Å². The van der Waals surface area contributed by atoms with Crippen molar-refractivity contribution < 1.29 is 9.53 Å². The van der Waals surface area contributed by atoms with Gasteiger partial charge < -0.3 is 19.6 Å². The second kappa shape index (κ2) is 9.50.